The maximum atomic E-state index is 5.03. The third-order valence-corrected chi connectivity index (χ3v) is 7.90. The summed E-state index contributed by atoms with van der Waals surface area (Å²) in [6.07, 6.45) is 1.94. The summed E-state index contributed by atoms with van der Waals surface area (Å²) < 4.78 is 0. The molecule has 6 aromatic rings. The largest absolute Gasteiger partial charge is 0.307 e. The highest BCUT2D eigenvalue weighted by atomic mass is 15.2. The molecule has 0 aliphatic carbocycles. The molecular formula is C36H28N2. The maximum Gasteiger partial charge on any atom is 0.0948 e. The fourth-order valence-electron chi connectivity index (χ4n) is 6.03. The van der Waals surface area contributed by atoms with Crippen molar-refractivity contribution in [2.24, 2.45) is 0 Å². The third kappa shape index (κ3) is 3.38. The summed E-state index contributed by atoms with van der Waals surface area (Å²) in [7, 11) is 0. The summed E-state index contributed by atoms with van der Waals surface area (Å²) in [5, 5.41) is 2.48. The van der Waals surface area contributed by atoms with Gasteiger partial charge in [0.05, 0.1) is 22.8 Å². The van der Waals surface area contributed by atoms with Gasteiger partial charge in [0.25, 0.3) is 0 Å². The van der Waals surface area contributed by atoms with Gasteiger partial charge in [-0.1, -0.05) is 129 Å². The molecule has 1 aliphatic rings. The normalized spacial score (nSPS) is 13.7. The first kappa shape index (κ1) is 22.5. The average molecular weight is 489 g/mol. The fraction of sp³-hybridized carbons (Fsp3) is 0.0833. The van der Waals surface area contributed by atoms with Crippen LogP contribution in [-0.4, -0.2) is 4.98 Å². The number of rotatable bonds is 3. The summed E-state index contributed by atoms with van der Waals surface area (Å²) >= 11 is 0. The molecule has 0 unspecified atom stereocenters. The highest BCUT2D eigenvalue weighted by molar-refractivity contribution is 6.07. The number of anilines is 3. The predicted octanol–water partition coefficient (Wildman–Crippen LogP) is 9.68. The zero-order valence-corrected chi connectivity index (χ0v) is 21.6. The van der Waals surface area contributed by atoms with Crippen LogP contribution in [0.5, 0.6) is 0 Å². The lowest BCUT2D eigenvalue weighted by Crippen LogP contribution is -2.31. The highest BCUT2D eigenvalue weighted by Gasteiger charge is 2.39. The molecule has 2 heterocycles. The number of aromatic nitrogens is 1. The topological polar surface area (TPSA) is 16.1 Å². The van der Waals surface area contributed by atoms with Gasteiger partial charge in [-0.3, -0.25) is 4.98 Å². The van der Waals surface area contributed by atoms with Crippen LogP contribution in [0.4, 0.5) is 17.1 Å². The zero-order valence-electron chi connectivity index (χ0n) is 21.6. The Morgan fingerprint density at radius 1 is 0.553 bits per heavy atom. The van der Waals surface area contributed by atoms with Gasteiger partial charge in [-0.15, -0.1) is 0 Å². The van der Waals surface area contributed by atoms with Crippen molar-refractivity contribution in [1.82, 2.24) is 4.98 Å². The molecule has 0 fully saturated rings. The Balaban J connectivity index is 1.66. The van der Waals surface area contributed by atoms with Gasteiger partial charge in [-0.25, -0.2) is 0 Å². The van der Waals surface area contributed by atoms with E-state index in [0.717, 1.165) is 22.5 Å². The maximum absolute atomic E-state index is 5.03. The van der Waals surface area contributed by atoms with Gasteiger partial charge >= 0.3 is 0 Å². The van der Waals surface area contributed by atoms with E-state index in [1.807, 2.05) is 6.20 Å². The van der Waals surface area contributed by atoms with Gasteiger partial charge in [-0.2, -0.15) is 0 Å². The molecule has 5 aromatic carbocycles. The first-order chi connectivity index (χ1) is 18.6. The van der Waals surface area contributed by atoms with E-state index in [1.165, 1.54) is 38.8 Å². The summed E-state index contributed by atoms with van der Waals surface area (Å²) in [5.74, 6) is 0. The molecule has 0 saturated heterocycles. The lowest BCUT2D eigenvalue weighted by Gasteiger charge is -2.43. The summed E-state index contributed by atoms with van der Waals surface area (Å²) in [4.78, 5) is 7.51. The van der Waals surface area contributed by atoms with Crippen molar-refractivity contribution in [2.75, 3.05) is 4.90 Å². The molecule has 0 radical (unpaired) electrons. The van der Waals surface area contributed by atoms with Crippen molar-refractivity contribution in [1.29, 1.82) is 0 Å². The molecule has 0 amide bonds. The Kier molecular flexibility index (Phi) is 5.16. The van der Waals surface area contributed by atoms with Crippen molar-refractivity contribution >= 4 is 27.8 Å². The van der Waals surface area contributed by atoms with E-state index in [0.29, 0.717) is 0 Å². The lowest BCUT2D eigenvalue weighted by molar-refractivity contribution is 0.633. The molecule has 1 aliphatic heterocycles. The number of benzene rings is 5. The van der Waals surface area contributed by atoms with Crippen molar-refractivity contribution in [3.8, 4) is 22.4 Å². The second kappa shape index (κ2) is 8.71. The minimum Gasteiger partial charge on any atom is -0.307 e. The van der Waals surface area contributed by atoms with Crippen molar-refractivity contribution in [3.63, 3.8) is 0 Å². The molecule has 0 atom stereocenters. The quantitative estimate of drug-likeness (QED) is 0.246. The first-order valence-corrected chi connectivity index (χ1v) is 13.2. The standard InChI is InChI=1S/C36H28N2/c1-36(2)30-19-11-12-20-32(30)38(34-28-18-10-9-15-26(28)21-22-31(34)36)35-29(25-13-5-3-6-14-25)23-24-37-33(35)27-16-7-4-8-17-27/h3-24H,1-2H3. The van der Waals surface area contributed by atoms with E-state index in [9.17, 15) is 0 Å². The van der Waals surface area contributed by atoms with Crippen LogP contribution in [0, 0.1) is 0 Å². The Morgan fingerprint density at radius 2 is 1.21 bits per heavy atom. The lowest BCUT2D eigenvalue weighted by atomic mass is 9.72. The van der Waals surface area contributed by atoms with Crippen LogP contribution in [0.15, 0.2) is 134 Å². The molecule has 1 aromatic heterocycles. The Labute approximate surface area is 223 Å². The number of hydrogen-bond donors (Lipinski definition) is 0. The Bertz CT molecular complexity index is 1730. The van der Waals surface area contributed by atoms with E-state index in [4.69, 9.17) is 4.98 Å². The van der Waals surface area contributed by atoms with Gasteiger partial charge in [0.15, 0.2) is 0 Å². The molecule has 0 bridgehead atoms. The highest BCUT2D eigenvalue weighted by Crippen LogP contribution is 2.56. The fourth-order valence-corrected chi connectivity index (χ4v) is 6.03. The molecule has 182 valence electrons. The van der Waals surface area contributed by atoms with Gasteiger partial charge in [0, 0.05) is 28.1 Å². The van der Waals surface area contributed by atoms with Crippen LogP contribution in [0.25, 0.3) is 33.2 Å². The van der Waals surface area contributed by atoms with Crippen LogP contribution < -0.4 is 4.90 Å². The Hall–Kier alpha value is -4.69. The number of nitrogens with zero attached hydrogens (tertiary/aromatic N) is 2. The Morgan fingerprint density at radius 3 is 2.00 bits per heavy atom. The number of pyridine rings is 1. The van der Waals surface area contributed by atoms with Crippen molar-refractivity contribution in [3.05, 3.63) is 145 Å². The van der Waals surface area contributed by atoms with Gasteiger partial charge in [0.2, 0.25) is 0 Å². The number of fused-ring (bicyclic) bond motifs is 4. The molecule has 0 spiro atoms. The monoisotopic (exact) mass is 488 g/mol. The minimum absolute atomic E-state index is 0.158. The van der Waals surface area contributed by atoms with Crippen LogP contribution in [-0.2, 0) is 5.41 Å². The molecule has 7 rings (SSSR count). The molecule has 0 saturated carbocycles. The smallest absolute Gasteiger partial charge is 0.0948 e. The van der Waals surface area contributed by atoms with E-state index >= 15 is 0 Å². The molecule has 2 nitrogen and oxygen atoms in total. The van der Waals surface area contributed by atoms with Crippen LogP contribution in [0.2, 0.25) is 0 Å². The molecular weight excluding hydrogens is 460 g/mol. The van der Waals surface area contributed by atoms with Crippen LogP contribution in [0.1, 0.15) is 25.0 Å². The van der Waals surface area contributed by atoms with Crippen LogP contribution in [0.3, 0.4) is 0 Å². The minimum atomic E-state index is -0.158. The average Bonchev–Trinajstić information content (AvgIpc) is 2.98. The van der Waals surface area contributed by atoms with E-state index < -0.39 is 0 Å². The van der Waals surface area contributed by atoms with Gasteiger partial charge in [0.1, 0.15) is 0 Å². The molecule has 0 N–H and O–H groups in total. The van der Waals surface area contributed by atoms with Crippen LogP contribution >= 0.6 is 0 Å². The van der Waals surface area contributed by atoms with Gasteiger partial charge in [-0.05, 0) is 34.2 Å². The number of para-hydroxylation sites is 1. The van der Waals surface area contributed by atoms with Gasteiger partial charge < -0.3 is 4.90 Å². The SMILES string of the molecule is CC1(C)c2ccccc2N(c2c(-c3ccccc3)ccnc2-c2ccccc2)c2c1ccc1ccccc21. The van der Waals surface area contributed by atoms with E-state index in [1.54, 1.807) is 0 Å². The first-order valence-electron chi connectivity index (χ1n) is 13.2. The zero-order chi connectivity index (χ0) is 25.7. The van der Waals surface area contributed by atoms with Crippen molar-refractivity contribution < 1.29 is 0 Å². The summed E-state index contributed by atoms with van der Waals surface area (Å²) in [6, 6.07) is 45.6. The summed E-state index contributed by atoms with van der Waals surface area (Å²) in [6.45, 7) is 4.69. The number of hydrogen-bond acceptors (Lipinski definition) is 2. The molecule has 2 heteroatoms. The summed E-state index contributed by atoms with van der Waals surface area (Å²) in [5.41, 5.74) is 10.4. The second-order valence-corrected chi connectivity index (χ2v) is 10.4. The second-order valence-electron chi connectivity index (χ2n) is 10.4. The van der Waals surface area contributed by atoms with E-state index in [2.05, 4.69) is 146 Å². The predicted molar refractivity (Wildman–Crippen MR) is 159 cm³/mol. The third-order valence-electron chi connectivity index (χ3n) is 7.90. The van der Waals surface area contributed by atoms with E-state index in [-0.39, 0.29) is 5.41 Å². The van der Waals surface area contributed by atoms with Crippen molar-refractivity contribution in [2.45, 2.75) is 19.3 Å². The molecule has 38 heavy (non-hydrogen) atoms.